The molecule has 11 rings (SSSR count). The van der Waals surface area contributed by atoms with Gasteiger partial charge >= 0.3 is 62.4 Å². The summed E-state index contributed by atoms with van der Waals surface area (Å²) in [6.07, 6.45) is 0. The lowest BCUT2D eigenvalue weighted by molar-refractivity contribution is 0.385. The van der Waals surface area contributed by atoms with E-state index in [1.54, 1.807) is 0 Å². The molecule has 2 heterocycles. The molecule has 26 nitrogen and oxygen atoms in total. The Labute approximate surface area is 412 Å². The molecule has 32 heteroatoms. The first kappa shape index (κ1) is 48.7. The summed E-state index contributed by atoms with van der Waals surface area (Å²) >= 11 is 0. The summed E-state index contributed by atoms with van der Waals surface area (Å²) in [5.41, 5.74) is -0.838. The van der Waals surface area contributed by atoms with Crippen LogP contribution in [0.5, 0.6) is 34.5 Å². The molecule has 0 spiro atoms. The van der Waals surface area contributed by atoms with Gasteiger partial charge in [0.15, 0.2) is 34.5 Å². The number of aromatic amines is 2. The van der Waals surface area contributed by atoms with Gasteiger partial charge in [-0.3, -0.25) is 27.3 Å². The minimum atomic E-state index is -5.61. The molecule has 0 amide bonds. The Morgan fingerprint density at radius 3 is 0.649 bits per heavy atom. The van der Waals surface area contributed by atoms with Crippen LogP contribution in [0.2, 0.25) is 0 Å². The standard InChI is InChI=1S/C42H24N2O24S6/c45-69(46,47)63-37-21-5-1-3-7-23(21)39(65-71(51,52)53)29-25(37)13-9-17-19-11-15-27-31(35(19)43-33(17)29)41(67-73(57,58)59)28-16-12-20-18-10-14-26-30(34(18)44-36(20)32(28)42(27)68-74(60,61)62)40(66-72(54,55)56)24-8-4-2-6-22(24)38(26)64-70(48,49)50/h1-16,43-44H,(H,45,46,47)(H,48,49,50)(H,51,52,53)(H,54,55,56)(H,57,58,59)(H,60,61,62). The predicted molar refractivity (Wildman–Crippen MR) is 263 cm³/mol. The topological polar surface area (TPSA) is 413 Å². The fraction of sp³-hybridized carbons (Fsp3) is 0. The maximum Gasteiger partial charge on any atom is 0.446 e. The van der Waals surface area contributed by atoms with Crippen LogP contribution in [0.3, 0.4) is 0 Å². The van der Waals surface area contributed by atoms with E-state index in [0.29, 0.717) is 0 Å². The van der Waals surface area contributed by atoms with Gasteiger partial charge in [0.25, 0.3) is 0 Å². The van der Waals surface area contributed by atoms with E-state index in [9.17, 15) is 77.8 Å². The maximum absolute atomic E-state index is 12.9. The molecule has 9 aromatic carbocycles. The molecule has 0 unspecified atom stereocenters. The molecule has 382 valence electrons. The van der Waals surface area contributed by atoms with Gasteiger partial charge in [0, 0.05) is 64.6 Å². The monoisotopic (exact) mass is 1130 g/mol. The third-order valence-corrected chi connectivity index (χ3v) is 14.0. The van der Waals surface area contributed by atoms with Crippen molar-refractivity contribution >= 4 is 171 Å². The van der Waals surface area contributed by atoms with Gasteiger partial charge in [-0.1, -0.05) is 72.8 Å². The molecule has 11 aromatic rings. The lowest BCUT2D eigenvalue weighted by atomic mass is 9.95. The van der Waals surface area contributed by atoms with Crippen molar-refractivity contribution in [2.24, 2.45) is 0 Å². The first-order valence-corrected chi connectivity index (χ1v) is 28.3. The number of aromatic nitrogens is 2. The van der Waals surface area contributed by atoms with Crippen LogP contribution in [0.1, 0.15) is 0 Å². The molecule has 0 aliphatic heterocycles. The summed E-state index contributed by atoms with van der Waals surface area (Å²) in [7, 11) is -32.7. The molecule has 0 saturated carbocycles. The van der Waals surface area contributed by atoms with E-state index in [0.717, 1.165) is 12.1 Å². The van der Waals surface area contributed by atoms with Gasteiger partial charge in [0.1, 0.15) is 0 Å². The second-order valence-electron chi connectivity index (χ2n) is 16.0. The van der Waals surface area contributed by atoms with Gasteiger partial charge in [-0.2, -0.15) is 50.5 Å². The number of fused-ring (bicyclic) bond motifs is 16. The molecule has 8 N–H and O–H groups in total. The molecular formula is C42H24N2O24S6. The average Bonchev–Trinajstić information content (AvgIpc) is 3.85. The second kappa shape index (κ2) is 16.0. The summed E-state index contributed by atoms with van der Waals surface area (Å²) in [6.45, 7) is 0. The van der Waals surface area contributed by atoms with Crippen molar-refractivity contribution in [3.05, 3.63) is 97.1 Å². The SMILES string of the molecule is O=S(=O)(O)Oc1c2ccccc2c(OS(=O)(=O)O)c2c1ccc1c3ccc4c(OS(=O)(=O)O)c5c(ccc6c7ccc8c(OS(=O)(=O)O)c9ccccc9c(OS(=O)(=O)O)c8c7[nH]c65)c(OS(=O)(=O)O)c4c3[nH]c12. The smallest absolute Gasteiger partial charge is 0.360 e. The Balaban J connectivity index is 1.34. The van der Waals surface area contributed by atoms with Crippen LogP contribution >= 0.6 is 0 Å². The van der Waals surface area contributed by atoms with Gasteiger partial charge in [0.2, 0.25) is 0 Å². The molecule has 0 saturated heterocycles. The van der Waals surface area contributed by atoms with Crippen LogP contribution in [-0.4, -0.2) is 87.8 Å². The quantitative estimate of drug-likeness (QED) is 0.0452. The lowest BCUT2D eigenvalue weighted by Crippen LogP contribution is -2.10. The van der Waals surface area contributed by atoms with Gasteiger partial charge in [0.05, 0.1) is 43.6 Å². The van der Waals surface area contributed by atoms with Crippen molar-refractivity contribution in [3.8, 4) is 34.5 Å². The van der Waals surface area contributed by atoms with Crippen molar-refractivity contribution in [1.29, 1.82) is 0 Å². The summed E-state index contributed by atoms with van der Waals surface area (Å²) in [5, 5.41) is -3.45. The zero-order valence-electron chi connectivity index (χ0n) is 35.7. The Morgan fingerprint density at radius 1 is 0.243 bits per heavy atom. The predicted octanol–water partition coefficient (Wildman–Crippen LogP) is 6.96. The first-order valence-electron chi connectivity index (χ1n) is 20.1. The van der Waals surface area contributed by atoms with Crippen LogP contribution in [0.4, 0.5) is 0 Å². The minimum Gasteiger partial charge on any atom is -0.360 e. The first-order chi connectivity index (χ1) is 34.4. The Hall–Kier alpha value is -7.60. The number of nitrogens with one attached hydrogen (secondary N) is 2. The van der Waals surface area contributed by atoms with E-state index >= 15 is 0 Å². The highest BCUT2D eigenvalue weighted by atomic mass is 32.3. The number of hydrogen-bond acceptors (Lipinski definition) is 18. The minimum absolute atomic E-state index is 0.0645. The largest absolute Gasteiger partial charge is 0.446 e. The summed E-state index contributed by atoms with van der Waals surface area (Å²) < 4.78 is 241. The molecule has 0 aliphatic carbocycles. The van der Waals surface area contributed by atoms with Gasteiger partial charge in [-0.05, 0) is 24.3 Å². The molecular weight excluding hydrogens is 1110 g/mol. The summed E-state index contributed by atoms with van der Waals surface area (Å²) in [4.78, 5) is 5.91. The molecule has 74 heavy (non-hydrogen) atoms. The van der Waals surface area contributed by atoms with Crippen molar-refractivity contribution in [2.45, 2.75) is 0 Å². The number of hydrogen-bond donors (Lipinski definition) is 8. The van der Waals surface area contributed by atoms with Gasteiger partial charge in [-0.25, -0.2) is 0 Å². The van der Waals surface area contributed by atoms with Crippen LogP contribution in [0.25, 0.3) is 108 Å². The number of rotatable bonds is 12. The average molecular weight is 1130 g/mol. The fourth-order valence-corrected chi connectivity index (χ4v) is 11.8. The Morgan fingerprint density at radius 2 is 0.419 bits per heavy atom. The normalized spacial score (nSPS) is 13.4. The summed E-state index contributed by atoms with van der Waals surface area (Å²) in [6, 6.07) is 20.5. The van der Waals surface area contributed by atoms with E-state index in [1.807, 2.05) is 0 Å². The fourth-order valence-electron chi connectivity index (χ4n) is 9.52. The van der Waals surface area contributed by atoms with Crippen molar-refractivity contribution in [2.75, 3.05) is 0 Å². The molecule has 0 radical (unpaired) electrons. The van der Waals surface area contributed by atoms with E-state index < -0.39 is 118 Å². The van der Waals surface area contributed by atoms with Gasteiger partial charge in [-0.15, -0.1) is 0 Å². The number of H-pyrrole nitrogens is 2. The lowest BCUT2D eigenvalue weighted by Gasteiger charge is -2.16. The van der Waals surface area contributed by atoms with E-state index in [-0.39, 0.29) is 86.7 Å². The summed E-state index contributed by atoms with van der Waals surface area (Å²) in [5.74, 6) is -4.01. The molecule has 0 bridgehead atoms. The highest BCUT2D eigenvalue weighted by Gasteiger charge is 2.32. The highest BCUT2D eigenvalue weighted by Crippen LogP contribution is 2.54. The van der Waals surface area contributed by atoms with Crippen LogP contribution in [0.15, 0.2) is 97.1 Å². The van der Waals surface area contributed by atoms with E-state index in [2.05, 4.69) is 9.97 Å². The molecule has 0 aliphatic rings. The Bertz CT molecular complexity index is 4810. The van der Waals surface area contributed by atoms with Crippen molar-refractivity contribution in [1.82, 2.24) is 9.97 Å². The van der Waals surface area contributed by atoms with E-state index in [4.69, 9.17) is 25.1 Å². The molecule has 0 fully saturated rings. The zero-order valence-corrected chi connectivity index (χ0v) is 40.6. The highest BCUT2D eigenvalue weighted by molar-refractivity contribution is 7.82. The second-order valence-corrected chi connectivity index (χ2v) is 22.2. The van der Waals surface area contributed by atoms with Crippen LogP contribution in [0, 0.1) is 0 Å². The van der Waals surface area contributed by atoms with Crippen LogP contribution in [-0.2, 0) is 62.4 Å². The Kier molecular flexibility index (Phi) is 10.5. The molecule has 0 atom stereocenters. The zero-order chi connectivity index (χ0) is 53.0. The third kappa shape index (κ3) is 8.32. The third-order valence-electron chi connectivity index (χ3n) is 11.8. The van der Waals surface area contributed by atoms with Crippen molar-refractivity contribution < 1.29 is 103 Å². The number of benzene rings is 9. The maximum atomic E-state index is 12.9. The van der Waals surface area contributed by atoms with Crippen LogP contribution < -0.4 is 25.1 Å². The van der Waals surface area contributed by atoms with E-state index in [1.165, 1.54) is 84.9 Å². The molecule has 2 aromatic heterocycles. The van der Waals surface area contributed by atoms with Crippen molar-refractivity contribution in [3.63, 3.8) is 0 Å². The van der Waals surface area contributed by atoms with Gasteiger partial charge < -0.3 is 35.1 Å².